The molecule has 0 saturated carbocycles. The van der Waals surface area contributed by atoms with Crippen molar-refractivity contribution in [1.29, 1.82) is 0 Å². The summed E-state index contributed by atoms with van der Waals surface area (Å²) >= 11 is 0. The molecule has 2 unspecified atom stereocenters. The zero-order valence-corrected chi connectivity index (χ0v) is 33.0. The maximum atomic E-state index is 13.3. The van der Waals surface area contributed by atoms with Gasteiger partial charge in [-0.25, -0.2) is 0 Å². The smallest absolute Gasteiger partial charge is 0.383 e. The van der Waals surface area contributed by atoms with Crippen molar-refractivity contribution in [2.24, 2.45) is 0 Å². The Hall–Kier alpha value is -1.38. The topological polar surface area (TPSA) is 126 Å². The lowest BCUT2D eigenvalue weighted by Crippen LogP contribution is -2.54. The third kappa shape index (κ3) is 21.2. The molecule has 0 aromatic carbocycles. The van der Waals surface area contributed by atoms with Gasteiger partial charge in [0, 0.05) is 26.1 Å². The molecule has 0 heterocycles. The van der Waals surface area contributed by atoms with Crippen molar-refractivity contribution in [2.45, 2.75) is 183 Å². The van der Waals surface area contributed by atoms with Crippen molar-refractivity contribution in [3.05, 3.63) is 0 Å². The van der Waals surface area contributed by atoms with E-state index in [0.717, 1.165) is 77.0 Å². The number of unbranched alkanes of at least 4 members (excludes halogenated alkanes) is 7. The second-order valence-corrected chi connectivity index (χ2v) is 12.2. The predicted molar refractivity (Wildman–Crippen MR) is 192 cm³/mol. The van der Waals surface area contributed by atoms with Crippen molar-refractivity contribution >= 4 is 11.9 Å². The lowest BCUT2D eigenvalue weighted by Gasteiger charge is -2.38. The standard InChI is InChI=1S/C38H74O12/c1-9-17-27-43-35(41-15-7)37(45-29-19-11-3,46-30-20-12-4)49-33(39)25-23-24-26-34(40)50-38(47-31-21-13-5,48-32-22-14-6)36(42-16-8)44-28-18-10-2/h35-36H,9-32H2,1-8H3. The van der Waals surface area contributed by atoms with E-state index < -0.39 is 36.5 Å². The molecule has 0 aromatic rings. The highest BCUT2D eigenvalue weighted by atomic mass is 16.9. The van der Waals surface area contributed by atoms with E-state index in [1.54, 1.807) is 0 Å². The first-order chi connectivity index (χ1) is 24.3. The molecule has 50 heavy (non-hydrogen) atoms. The SMILES string of the molecule is CCCCOC(OCC)C(OCCCC)(OCCCC)OC(=O)CCCCC(=O)OC(OCCCC)(OCCCC)C(OCC)OCCCC. The average molecular weight is 723 g/mol. The zero-order chi connectivity index (χ0) is 37.4. The number of rotatable bonds is 37. The van der Waals surface area contributed by atoms with Crippen molar-refractivity contribution < 1.29 is 57.0 Å². The van der Waals surface area contributed by atoms with Gasteiger partial charge in [0.2, 0.25) is 0 Å². The van der Waals surface area contributed by atoms with Gasteiger partial charge in [0.15, 0.2) is 0 Å². The molecule has 2 atom stereocenters. The molecule has 0 amide bonds. The monoisotopic (exact) mass is 723 g/mol. The fourth-order valence-electron chi connectivity index (χ4n) is 4.44. The van der Waals surface area contributed by atoms with E-state index in [1.807, 2.05) is 41.5 Å². The number of esters is 2. The third-order valence-electron chi connectivity index (χ3n) is 7.48. The van der Waals surface area contributed by atoms with Crippen molar-refractivity contribution in [3.63, 3.8) is 0 Å². The fraction of sp³-hybridized carbons (Fsp3) is 0.947. The maximum absolute atomic E-state index is 13.3. The summed E-state index contributed by atoms with van der Waals surface area (Å²) in [5.74, 6) is -4.78. The van der Waals surface area contributed by atoms with Crippen LogP contribution in [0.15, 0.2) is 0 Å². The summed E-state index contributed by atoms with van der Waals surface area (Å²) in [5.41, 5.74) is 0. The van der Waals surface area contributed by atoms with Gasteiger partial charge in [0.25, 0.3) is 12.6 Å². The van der Waals surface area contributed by atoms with Gasteiger partial charge in [-0.1, -0.05) is 80.1 Å². The number of carbonyl (C=O) groups is 2. The van der Waals surface area contributed by atoms with Gasteiger partial charge in [-0.3, -0.25) is 9.59 Å². The molecule has 0 fully saturated rings. The Labute approximate surface area is 304 Å². The average Bonchev–Trinajstić information content (AvgIpc) is 3.09. The van der Waals surface area contributed by atoms with E-state index >= 15 is 0 Å². The van der Waals surface area contributed by atoms with E-state index in [1.165, 1.54) is 0 Å². The number of hydrogen-bond donors (Lipinski definition) is 0. The first-order valence-electron chi connectivity index (χ1n) is 19.7. The summed E-state index contributed by atoms with van der Waals surface area (Å²) < 4.78 is 60.4. The molecule has 0 N–H and O–H groups in total. The summed E-state index contributed by atoms with van der Waals surface area (Å²) in [6.07, 6.45) is 8.60. The van der Waals surface area contributed by atoms with Crippen LogP contribution in [0.5, 0.6) is 0 Å². The van der Waals surface area contributed by atoms with Crippen molar-refractivity contribution in [3.8, 4) is 0 Å². The molecule has 0 aliphatic heterocycles. The summed E-state index contributed by atoms with van der Waals surface area (Å²) in [6, 6.07) is 0. The molecule has 0 aliphatic carbocycles. The lowest BCUT2D eigenvalue weighted by atomic mass is 10.2. The van der Waals surface area contributed by atoms with Gasteiger partial charge >= 0.3 is 23.9 Å². The second-order valence-electron chi connectivity index (χ2n) is 12.2. The number of hydrogen-bond acceptors (Lipinski definition) is 12. The molecule has 12 heteroatoms. The highest BCUT2D eigenvalue weighted by molar-refractivity contribution is 5.71. The quantitative estimate of drug-likeness (QED) is 0.0346. The van der Waals surface area contributed by atoms with Crippen LogP contribution in [0.2, 0.25) is 0 Å². The van der Waals surface area contributed by atoms with Crippen LogP contribution in [0.1, 0.15) is 158 Å². The highest BCUT2D eigenvalue weighted by Crippen LogP contribution is 2.29. The zero-order valence-electron chi connectivity index (χ0n) is 33.0. The van der Waals surface area contributed by atoms with Crippen LogP contribution in [-0.4, -0.2) is 89.3 Å². The van der Waals surface area contributed by atoms with Crippen LogP contribution < -0.4 is 0 Å². The Morgan fingerprint density at radius 1 is 0.400 bits per heavy atom. The van der Waals surface area contributed by atoms with Crippen molar-refractivity contribution in [1.82, 2.24) is 0 Å². The number of carbonyl (C=O) groups excluding carboxylic acids is 2. The Balaban J connectivity index is 5.81. The minimum atomic E-state index is -1.85. The Kier molecular flexibility index (Phi) is 31.4. The summed E-state index contributed by atoms with van der Waals surface area (Å²) in [6.45, 7) is 18.6. The lowest BCUT2D eigenvalue weighted by molar-refractivity contribution is -0.442. The van der Waals surface area contributed by atoms with Crippen LogP contribution in [0.3, 0.4) is 0 Å². The van der Waals surface area contributed by atoms with E-state index in [9.17, 15) is 9.59 Å². The van der Waals surface area contributed by atoms with Gasteiger partial charge in [-0.05, 0) is 65.2 Å². The van der Waals surface area contributed by atoms with Crippen LogP contribution in [0.25, 0.3) is 0 Å². The first kappa shape index (κ1) is 48.6. The molecule has 0 aromatic heterocycles. The third-order valence-corrected chi connectivity index (χ3v) is 7.48. The maximum Gasteiger partial charge on any atom is 0.383 e. The van der Waals surface area contributed by atoms with Crippen LogP contribution in [0, 0.1) is 0 Å². The normalized spacial score (nSPS) is 13.4. The first-order valence-corrected chi connectivity index (χ1v) is 19.7. The Morgan fingerprint density at radius 2 is 0.680 bits per heavy atom. The Bertz CT molecular complexity index is 712. The summed E-state index contributed by atoms with van der Waals surface area (Å²) in [4.78, 5) is 26.7. The highest BCUT2D eigenvalue weighted by Gasteiger charge is 2.49. The molecule has 0 rings (SSSR count). The molecular formula is C38H74O12. The van der Waals surface area contributed by atoms with Gasteiger partial charge in [0.1, 0.15) is 0 Å². The summed E-state index contributed by atoms with van der Waals surface area (Å²) in [7, 11) is 0. The molecule has 298 valence electrons. The van der Waals surface area contributed by atoms with E-state index in [4.69, 9.17) is 47.4 Å². The molecule has 0 saturated heterocycles. The summed E-state index contributed by atoms with van der Waals surface area (Å²) in [5, 5.41) is 0. The molecule has 0 aliphatic rings. The Morgan fingerprint density at radius 3 is 0.940 bits per heavy atom. The van der Waals surface area contributed by atoms with Crippen LogP contribution >= 0.6 is 0 Å². The van der Waals surface area contributed by atoms with E-state index in [-0.39, 0.29) is 12.8 Å². The largest absolute Gasteiger partial charge is 0.404 e. The van der Waals surface area contributed by atoms with Gasteiger partial charge in [0.05, 0.1) is 39.6 Å². The van der Waals surface area contributed by atoms with E-state index in [0.29, 0.717) is 65.7 Å². The number of ether oxygens (including phenoxy) is 10. The fourth-order valence-corrected chi connectivity index (χ4v) is 4.44. The minimum absolute atomic E-state index is 0.0178. The van der Waals surface area contributed by atoms with Gasteiger partial charge in [-0.15, -0.1) is 0 Å². The molecule has 0 radical (unpaired) electrons. The predicted octanol–water partition coefficient (Wildman–Crippen LogP) is 8.57. The van der Waals surface area contributed by atoms with E-state index in [2.05, 4.69) is 13.8 Å². The van der Waals surface area contributed by atoms with Crippen molar-refractivity contribution in [2.75, 3.05) is 52.9 Å². The molecular weight excluding hydrogens is 648 g/mol. The second kappa shape index (κ2) is 32.3. The van der Waals surface area contributed by atoms with Gasteiger partial charge < -0.3 is 47.4 Å². The van der Waals surface area contributed by atoms with Crippen LogP contribution in [-0.2, 0) is 57.0 Å². The molecule has 0 bridgehead atoms. The molecule has 12 nitrogen and oxygen atoms in total. The minimum Gasteiger partial charge on any atom is -0.404 e. The van der Waals surface area contributed by atoms with Gasteiger partial charge in [-0.2, -0.15) is 0 Å². The van der Waals surface area contributed by atoms with Crippen LogP contribution in [0.4, 0.5) is 0 Å². The molecule has 0 spiro atoms.